The van der Waals surface area contributed by atoms with Crippen LogP contribution in [0.15, 0.2) is 12.1 Å². The maximum atomic E-state index is 10.4. The molecule has 0 fully saturated rings. The summed E-state index contributed by atoms with van der Waals surface area (Å²) >= 11 is 0. The molecule has 0 amide bonds. The van der Waals surface area contributed by atoms with Crippen LogP contribution in [0.2, 0.25) is 0 Å². The van der Waals surface area contributed by atoms with Gasteiger partial charge in [-0.05, 0) is 30.7 Å². The monoisotopic (exact) mass is 281 g/mol. The van der Waals surface area contributed by atoms with Gasteiger partial charge >= 0.3 is 5.97 Å². The number of rotatable bonds is 7. The van der Waals surface area contributed by atoms with Crippen LogP contribution in [0.25, 0.3) is 0 Å². The normalized spacial score (nSPS) is 13.1. The Bertz CT molecular complexity index is 458. The van der Waals surface area contributed by atoms with Gasteiger partial charge in [-0.1, -0.05) is 0 Å². The number of hydrogen-bond acceptors (Lipinski definition) is 5. The summed E-state index contributed by atoms with van der Waals surface area (Å²) in [6, 6.07) is 3.82. The molecule has 20 heavy (non-hydrogen) atoms. The van der Waals surface area contributed by atoms with Gasteiger partial charge in [-0.25, -0.2) is 0 Å². The van der Waals surface area contributed by atoms with E-state index >= 15 is 0 Å². The van der Waals surface area contributed by atoms with Crippen LogP contribution >= 0.6 is 0 Å². The smallest absolute Gasteiger partial charge is 0.303 e. The van der Waals surface area contributed by atoms with Crippen LogP contribution in [-0.4, -0.2) is 37.9 Å². The summed E-state index contributed by atoms with van der Waals surface area (Å²) in [5, 5.41) is 11.8. The molecule has 6 heteroatoms. The summed E-state index contributed by atoms with van der Waals surface area (Å²) in [7, 11) is 1.59. The largest absolute Gasteiger partial charge is 0.493 e. The predicted octanol–water partition coefficient (Wildman–Crippen LogP) is 1.42. The van der Waals surface area contributed by atoms with Crippen LogP contribution in [0.5, 0.6) is 17.2 Å². The zero-order chi connectivity index (χ0) is 14.4. The average molecular weight is 281 g/mol. The minimum absolute atomic E-state index is 0.178. The molecular formula is C14H19NO5. The minimum atomic E-state index is -0.771. The van der Waals surface area contributed by atoms with Crippen molar-refractivity contribution < 1.29 is 24.1 Å². The molecule has 1 aliphatic rings. The molecule has 0 aromatic heterocycles. The molecule has 110 valence electrons. The molecule has 1 aromatic rings. The molecule has 0 unspecified atom stereocenters. The number of carbonyl (C=O) groups is 1. The van der Waals surface area contributed by atoms with Crippen molar-refractivity contribution in [3.05, 3.63) is 17.7 Å². The van der Waals surface area contributed by atoms with Gasteiger partial charge in [0.2, 0.25) is 5.75 Å². The molecule has 0 atom stereocenters. The first-order valence-corrected chi connectivity index (χ1v) is 6.59. The molecule has 0 saturated carbocycles. The number of fused-ring (bicyclic) bond motifs is 1. The second kappa shape index (κ2) is 7.00. The van der Waals surface area contributed by atoms with Gasteiger partial charge in [0.15, 0.2) is 11.5 Å². The van der Waals surface area contributed by atoms with Crippen molar-refractivity contribution in [3.8, 4) is 17.2 Å². The highest BCUT2D eigenvalue weighted by Crippen LogP contribution is 2.40. The third kappa shape index (κ3) is 3.77. The summed E-state index contributed by atoms with van der Waals surface area (Å²) in [4.78, 5) is 10.4. The quantitative estimate of drug-likeness (QED) is 0.736. The Kier molecular flexibility index (Phi) is 5.06. The Morgan fingerprint density at radius 2 is 2.20 bits per heavy atom. The first-order valence-electron chi connectivity index (χ1n) is 6.59. The van der Waals surface area contributed by atoms with E-state index in [9.17, 15) is 4.79 Å². The Balaban J connectivity index is 1.93. The van der Waals surface area contributed by atoms with Gasteiger partial charge in [-0.3, -0.25) is 4.79 Å². The fourth-order valence-electron chi connectivity index (χ4n) is 2.03. The molecule has 1 aliphatic heterocycles. The number of methoxy groups -OCH3 is 1. The van der Waals surface area contributed by atoms with E-state index in [1.54, 1.807) is 7.11 Å². The molecule has 0 spiro atoms. The summed E-state index contributed by atoms with van der Waals surface area (Å²) in [5.74, 6) is 1.23. The maximum Gasteiger partial charge on any atom is 0.303 e. The molecule has 0 bridgehead atoms. The first-order chi connectivity index (χ1) is 9.70. The Hall–Kier alpha value is -1.95. The van der Waals surface area contributed by atoms with Crippen LogP contribution in [0.3, 0.4) is 0 Å². The standard InChI is InChI=1S/C14H19NO5/c1-18-11-7-10(9-15-4-2-3-13(16)17)8-12-14(11)20-6-5-19-12/h7-8,15H,2-6,9H2,1H3,(H,16,17). The summed E-state index contributed by atoms with van der Waals surface area (Å²) < 4.78 is 16.4. The highest BCUT2D eigenvalue weighted by atomic mass is 16.6. The zero-order valence-corrected chi connectivity index (χ0v) is 11.5. The lowest BCUT2D eigenvalue weighted by Gasteiger charge is -2.21. The highest BCUT2D eigenvalue weighted by molar-refractivity contribution is 5.66. The van der Waals surface area contributed by atoms with Crippen LogP contribution < -0.4 is 19.5 Å². The number of nitrogens with one attached hydrogen (secondary N) is 1. The minimum Gasteiger partial charge on any atom is -0.493 e. The fourth-order valence-corrected chi connectivity index (χ4v) is 2.03. The first kappa shape index (κ1) is 14.5. The molecule has 0 radical (unpaired) electrons. The third-order valence-corrected chi connectivity index (χ3v) is 2.96. The predicted molar refractivity (Wildman–Crippen MR) is 72.6 cm³/mol. The van der Waals surface area contributed by atoms with E-state index in [0.717, 1.165) is 5.56 Å². The van der Waals surface area contributed by atoms with Crippen molar-refractivity contribution in [2.45, 2.75) is 19.4 Å². The number of carboxylic acids is 1. The summed E-state index contributed by atoms with van der Waals surface area (Å²) in [6.45, 7) is 2.34. The van der Waals surface area contributed by atoms with Crippen molar-refractivity contribution in [3.63, 3.8) is 0 Å². The SMILES string of the molecule is COc1cc(CNCCCC(=O)O)cc2c1OCCO2. The number of carboxylic acid groups (broad SMARTS) is 1. The van der Waals surface area contributed by atoms with E-state index in [-0.39, 0.29) is 6.42 Å². The van der Waals surface area contributed by atoms with E-state index in [4.69, 9.17) is 19.3 Å². The van der Waals surface area contributed by atoms with Gasteiger partial charge in [-0.15, -0.1) is 0 Å². The van der Waals surface area contributed by atoms with Crippen LogP contribution in [-0.2, 0) is 11.3 Å². The topological polar surface area (TPSA) is 77.0 Å². The van der Waals surface area contributed by atoms with Crippen LogP contribution in [0, 0.1) is 0 Å². The van der Waals surface area contributed by atoms with Crippen molar-refractivity contribution in [1.29, 1.82) is 0 Å². The number of hydrogen-bond donors (Lipinski definition) is 2. The summed E-state index contributed by atoms with van der Waals surface area (Å²) in [5.41, 5.74) is 1.02. The van der Waals surface area contributed by atoms with E-state index in [0.29, 0.717) is 50.0 Å². The molecule has 1 aromatic carbocycles. The zero-order valence-electron chi connectivity index (χ0n) is 11.5. The lowest BCUT2D eigenvalue weighted by atomic mass is 10.1. The lowest BCUT2D eigenvalue weighted by Crippen LogP contribution is -2.18. The van der Waals surface area contributed by atoms with Crippen molar-refractivity contribution in [2.24, 2.45) is 0 Å². The lowest BCUT2D eigenvalue weighted by molar-refractivity contribution is -0.137. The molecule has 2 N–H and O–H groups in total. The Labute approximate surface area is 117 Å². The van der Waals surface area contributed by atoms with Gasteiger partial charge in [-0.2, -0.15) is 0 Å². The molecule has 0 aliphatic carbocycles. The van der Waals surface area contributed by atoms with Crippen molar-refractivity contribution >= 4 is 5.97 Å². The highest BCUT2D eigenvalue weighted by Gasteiger charge is 2.18. The number of aliphatic carboxylic acids is 1. The van der Waals surface area contributed by atoms with E-state index in [2.05, 4.69) is 5.32 Å². The number of benzene rings is 1. The molecule has 1 heterocycles. The van der Waals surface area contributed by atoms with Crippen molar-refractivity contribution in [1.82, 2.24) is 5.32 Å². The van der Waals surface area contributed by atoms with Gasteiger partial charge in [0, 0.05) is 13.0 Å². The van der Waals surface area contributed by atoms with Crippen LogP contribution in [0.4, 0.5) is 0 Å². The second-order valence-corrected chi connectivity index (χ2v) is 4.50. The van der Waals surface area contributed by atoms with E-state index in [1.165, 1.54) is 0 Å². The third-order valence-electron chi connectivity index (χ3n) is 2.96. The second-order valence-electron chi connectivity index (χ2n) is 4.50. The van der Waals surface area contributed by atoms with Crippen LogP contribution in [0.1, 0.15) is 18.4 Å². The summed E-state index contributed by atoms with van der Waals surface area (Å²) in [6.07, 6.45) is 0.786. The fraction of sp³-hybridized carbons (Fsp3) is 0.500. The Morgan fingerprint density at radius 1 is 1.40 bits per heavy atom. The van der Waals surface area contributed by atoms with Gasteiger partial charge in [0.05, 0.1) is 7.11 Å². The van der Waals surface area contributed by atoms with Gasteiger partial charge in [0.25, 0.3) is 0 Å². The number of ether oxygens (including phenoxy) is 3. The molecular weight excluding hydrogens is 262 g/mol. The molecule has 6 nitrogen and oxygen atoms in total. The van der Waals surface area contributed by atoms with Gasteiger partial charge < -0.3 is 24.6 Å². The van der Waals surface area contributed by atoms with E-state index < -0.39 is 5.97 Å². The van der Waals surface area contributed by atoms with Crippen molar-refractivity contribution in [2.75, 3.05) is 26.9 Å². The average Bonchev–Trinajstić information content (AvgIpc) is 2.45. The van der Waals surface area contributed by atoms with E-state index in [1.807, 2.05) is 12.1 Å². The Morgan fingerprint density at radius 3 is 2.95 bits per heavy atom. The maximum absolute atomic E-state index is 10.4. The molecule has 2 rings (SSSR count). The molecule has 0 saturated heterocycles. The van der Waals surface area contributed by atoms with Gasteiger partial charge in [0.1, 0.15) is 13.2 Å².